The lowest BCUT2D eigenvalue weighted by atomic mass is 10.0. The Morgan fingerprint density at radius 2 is 1.55 bits per heavy atom. The lowest BCUT2D eigenvalue weighted by Gasteiger charge is -2.16. The third-order valence-corrected chi connectivity index (χ3v) is 4.85. The van der Waals surface area contributed by atoms with Gasteiger partial charge in [0, 0.05) is 17.3 Å². The summed E-state index contributed by atoms with van der Waals surface area (Å²) in [5, 5.41) is 2.75. The average Bonchev–Trinajstić information content (AvgIpc) is 2.99. The number of halogens is 4. The molecule has 3 aromatic rings. The van der Waals surface area contributed by atoms with E-state index in [-0.39, 0.29) is 29.1 Å². The van der Waals surface area contributed by atoms with Crippen molar-refractivity contribution in [1.29, 1.82) is 0 Å². The number of amides is 2. The Kier molecular flexibility index (Phi) is 5.87. The van der Waals surface area contributed by atoms with Gasteiger partial charge in [0.05, 0.1) is 12.1 Å². The van der Waals surface area contributed by atoms with Gasteiger partial charge < -0.3 is 10.1 Å². The molecule has 33 heavy (non-hydrogen) atoms. The second-order valence-electron chi connectivity index (χ2n) is 7.10. The van der Waals surface area contributed by atoms with Crippen LogP contribution in [-0.4, -0.2) is 23.1 Å². The van der Waals surface area contributed by atoms with Crippen LogP contribution in [0.1, 0.15) is 11.1 Å². The van der Waals surface area contributed by atoms with Crippen molar-refractivity contribution in [1.82, 2.24) is 4.90 Å². The van der Waals surface area contributed by atoms with Gasteiger partial charge in [-0.3, -0.25) is 14.5 Å². The molecule has 5 nitrogen and oxygen atoms in total. The van der Waals surface area contributed by atoms with E-state index in [4.69, 9.17) is 0 Å². The van der Waals surface area contributed by atoms with Crippen LogP contribution in [0.15, 0.2) is 84.6 Å². The summed E-state index contributed by atoms with van der Waals surface area (Å²) in [6.07, 6.45) is -4.89. The number of nitrogens with one attached hydrogen (secondary N) is 1. The van der Waals surface area contributed by atoms with Crippen molar-refractivity contribution in [3.05, 3.63) is 102 Å². The minimum Gasteiger partial charge on any atom is -0.406 e. The lowest BCUT2D eigenvalue weighted by Crippen LogP contribution is -2.32. The van der Waals surface area contributed by atoms with Gasteiger partial charge in [0.1, 0.15) is 17.3 Å². The van der Waals surface area contributed by atoms with Crippen LogP contribution >= 0.6 is 0 Å². The molecule has 3 aromatic carbocycles. The molecule has 0 radical (unpaired) electrons. The predicted octanol–water partition coefficient (Wildman–Crippen LogP) is 5.12. The first kappa shape index (κ1) is 22.1. The summed E-state index contributed by atoms with van der Waals surface area (Å²) >= 11 is 0. The van der Waals surface area contributed by atoms with E-state index >= 15 is 0 Å². The van der Waals surface area contributed by atoms with Gasteiger partial charge in [-0.15, -0.1) is 13.2 Å². The zero-order valence-electron chi connectivity index (χ0n) is 16.9. The third-order valence-electron chi connectivity index (χ3n) is 4.85. The van der Waals surface area contributed by atoms with Crippen LogP contribution < -0.4 is 10.1 Å². The summed E-state index contributed by atoms with van der Waals surface area (Å²) in [5.41, 5.74) is 0.574. The first-order chi connectivity index (χ1) is 15.7. The summed E-state index contributed by atoms with van der Waals surface area (Å²) < 4.78 is 55.8. The molecule has 0 saturated heterocycles. The highest BCUT2D eigenvalue weighted by atomic mass is 19.4. The second kappa shape index (κ2) is 8.78. The average molecular weight is 456 g/mol. The van der Waals surface area contributed by atoms with Gasteiger partial charge in [0.25, 0.3) is 11.8 Å². The molecule has 0 fully saturated rings. The molecule has 2 amide bonds. The molecule has 0 atom stereocenters. The summed E-state index contributed by atoms with van der Waals surface area (Å²) in [6, 6.07) is 19.0. The van der Waals surface area contributed by atoms with E-state index in [1.807, 2.05) is 0 Å². The fourth-order valence-corrected chi connectivity index (χ4v) is 3.42. The van der Waals surface area contributed by atoms with Crippen molar-refractivity contribution in [2.24, 2.45) is 0 Å². The molecule has 1 aliphatic rings. The first-order valence-electron chi connectivity index (χ1n) is 9.75. The Balaban J connectivity index is 1.71. The number of anilines is 1. The van der Waals surface area contributed by atoms with Crippen molar-refractivity contribution >= 4 is 23.1 Å². The molecular weight excluding hydrogens is 440 g/mol. The van der Waals surface area contributed by atoms with Crippen molar-refractivity contribution in [2.45, 2.75) is 12.9 Å². The molecule has 0 spiro atoms. The van der Waals surface area contributed by atoms with Crippen LogP contribution in [0.2, 0.25) is 0 Å². The Hall–Kier alpha value is -4.14. The van der Waals surface area contributed by atoms with Gasteiger partial charge >= 0.3 is 6.36 Å². The molecule has 168 valence electrons. The quantitative estimate of drug-likeness (QED) is 0.414. The number of carbonyl (C=O) groups is 2. The van der Waals surface area contributed by atoms with E-state index < -0.39 is 29.7 Å². The Morgan fingerprint density at radius 1 is 0.848 bits per heavy atom. The molecular formula is C24H16F4N2O3. The van der Waals surface area contributed by atoms with Crippen molar-refractivity contribution < 1.29 is 31.9 Å². The molecule has 1 aliphatic heterocycles. The van der Waals surface area contributed by atoms with E-state index in [1.165, 1.54) is 30.3 Å². The van der Waals surface area contributed by atoms with E-state index in [0.717, 1.165) is 17.0 Å². The smallest absolute Gasteiger partial charge is 0.406 e. The fourth-order valence-electron chi connectivity index (χ4n) is 3.42. The molecule has 0 aromatic heterocycles. The van der Waals surface area contributed by atoms with Gasteiger partial charge in [-0.2, -0.15) is 0 Å². The molecule has 1 N–H and O–H groups in total. The third kappa shape index (κ3) is 4.87. The lowest BCUT2D eigenvalue weighted by molar-refractivity contribution is -0.274. The Labute approximate surface area is 185 Å². The molecule has 0 unspecified atom stereocenters. The SMILES string of the molecule is O=C1C(Nc2cccc(OC(F)(F)F)c2)=C(c2ccccc2)C(=O)N1Cc1ccccc1F. The number of rotatable bonds is 6. The number of carbonyl (C=O) groups excluding carboxylic acids is 2. The van der Waals surface area contributed by atoms with Crippen molar-refractivity contribution in [3.63, 3.8) is 0 Å². The van der Waals surface area contributed by atoms with Gasteiger partial charge in [-0.1, -0.05) is 54.6 Å². The van der Waals surface area contributed by atoms with E-state index in [2.05, 4.69) is 10.1 Å². The Morgan fingerprint density at radius 3 is 2.24 bits per heavy atom. The summed E-state index contributed by atoms with van der Waals surface area (Å²) in [5.74, 6) is -2.45. The Bertz CT molecular complexity index is 1240. The highest BCUT2D eigenvalue weighted by Crippen LogP contribution is 2.33. The molecule has 0 aliphatic carbocycles. The molecule has 9 heteroatoms. The minimum atomic E-state index is -4.89. The second-order valence-corrected chi connectivity index (χ2v) is 7.10. The number of imide groups is 1. The monoisotopic (exact) mass is 456 g/mol. The van der Waals surface area contributed by atoms with Crippen LogP contribution in [0.25, 0.3) is 5.57 Å². The van der Waals surface area contributed by atoms with E-state index in [9.17, 15) is 27.2 Å². The fraction of sp³-hybridized carbons (Fsp3) is 0.0833. The number of ether oxygens (including phenoxy) is 1. The maximum Gasteiger partial charge on any atom is 0.573 e. The zero-order chi connectivity index (χ0) is 23.6. The molecule has 4 rings (SSSR count). The van der Waals surface area contributed by atoms with Crippen LogP contribution in [0.5, 0.6) is 5.75 Å². The summed E-state index contributed by atoms with van der Waals surface area (Å²) in [6.45, 7) is -0.303. The maximum absolute atomic E-state index is 14.2. The summed E-state index contributed by atoms with van der Waals surface area (Å²) in [7, 11) is 0. The zero-order valence-corrected chi connectivity index (χ0v) is 16.9. The highest BCUT2D eigenvalue weighted by molar-refractivity contribution is 6.36. The number of hydrogen-bond donors (Lipinski definition) is 1. The molecule has 0 saturated carbocycles. The van der Waals surface area contributed by atoms with Crippen LogP contribution in [0, 0.1) is 5.82 Å². The summed E-state index contributed by atoms with van der Waals surface area (Å²) in [4.78, 5) is 27.3. The van der Waals surface area contributed by atoms with Crippen LogP contribution in [-0.2, 0) is 16.1 Å². The number of benzene rings is 3. The largest absolute Gasteiger partial charge is 0.573 e. The van der Waals surface area contributed by atoms with Gasteiger partial charge in [0.2, 0.25) is 0 Å². The molecule has 1 heterocycles. The normalized spacial score (nSPS) is 14.1. The van der Waals surface area contributed by atoms with Gasteiger partial charge in [-0.25, -0.2) is 4.39 Å². The van der Waals surface area contributed by atoms with Crippen LogP contribution in [0.4, 0.5) is 23.2 Å². The molecule has 0 bridgehead atoms. The standard InChI is InChI=1S/C24H16F4N2O3/c25-19-12-5-4-9-16(19)14-30-22(31)20(15-7-2-1-3-8-15)21(23(30)32)29-17-10-6-11-18(13-17)33-24(26,27)28/h1-13,29H,14H2. The van der Waals surface area contributed by atoms with Gasteiger partial charge in [-0.05, 0) is 23.8 Å². The number of alkyl halides is 3. The minimum absolute atomic E-state index is 0.0269. The van der Waals surface area contributed by atoms with E-state index in [0.29, 0.717) is 5.56 Å². The number of hydrogen-bond acceptors (Lipinski definition) is 4. The number of nitrogens with zero attached hydrogens (tertiary/aromatic N) is 1. The van der Waals surface area contributed by atoms with E-state index in [1.54, 1.807) is 36.4 Å². The van der Waals surface area contributed by atoms with Crippen molar-refractivity contribution in [3.8, 4) is 5.75 Å². The van der Waals surface area contributed by atoms with Crippen molar-refractivity contribution in [2.75, 3.05) is 5.32 Å². The maximum atomic E-state index is 14.2. The topological polar surface area (TPSA) is 58.6 Å². The van der Waals surface area contributed by atoms with Crippen LogP contribution in [0.3, 0.4) is 0 Å². The highest BCUT2D eigenvalue weighted by Gasteiger charge is 2.39. The predicted molar refractivity (Wildman–Crippen MR) is 112 cm³/mol. The first-order valence-corrected chi connectivity index (χ1v) is 9.75. The van der Waals surface area contributed by atoms with Gasteiger partial charge in [0.15, 0.2) is 0 Å².